The van der Waals surface area contributed by atoms with Gasteiger partial charge >= 0.3 is 0 Å². The van der Waals surface area contributed by atoms with E-state index in [4.69, 9.17) is 27.9 Å². The molecule has 0 aromatic heterocycles. The topological polar surface area (TPSA) is 26.3 Å². The Bertz CT molecular complexity index is 410. The zero-order valence-electron chi connectivity index (χ0n) is 11.9. The molecule has 5 aliphatic rings. The summed E-state index contributed by atoms with van der Waals surface area (Å²) in [5.41, 5.74) is -0.0344. The maximum Gasteiger partial charge on any atom is 0.201 e. The van der Waals surface area contributed by atoms with E-state index in [1.165, 1.54) is 19.3 Å². The highest BCUT2D eigenvalue weighted by molar-refractivity contribution is 6.59. The van der Waals surface area contributed by atoms with Crippen LogP contribution in [0.5, 0.6) is 0 Å². The third-order valence-electron chi connectivity index (χ3n) is 6.11. The van der Waals surface area contributed by atoms with Crippen LogP contribution in [0.2, 0.25) is 0 Å². The van der Waals surface area contributed by atoms with Crippen LogP contribution in [0.4, 0.5) is 0 Å². The summed E-state index contributed by atoms with van der Waals surface area (Å²) in [5.74, 6) is 2.55. The van der Waals surface area contributed by atoms with Crippen molar-refractivity contribution in [2.75, 3.05) is 0 Å². The van der Waals surface area contributed by atoms with Gasteiger partial charge in [0.05, 0.1) is 5.60 Å². The smallest absolute Gasteiger partial charge is 0.201 e. The summed E-state index contributed by atoms with van der Waals surface area (Å²) in [6, 6.07) is 0. The number of alkyl halides is 2. The van der Waals surface area contributed by atoms with E-state index in [0.29, 0.717) is 6.42 Å². The van der Waals surface area contributed by atoms with E-state index < -0.39 is 4.33 Å². The predicted molar refractivity (Wildman–Crippen MR) is 79.0 cm³/mol. The molecule has 5 fully saturated rings. The summed E-state index contributed by atoms with van der Waals surface area (Å²) < 4.78 is 5.19. The van der Waals surface area contributed by atoms with Gasteiger partial charge < -0.3 is 4.74 Å². The third kappa shape index (κ3) is 1.98. The second kappa shape index (κ2) is 4.36. The van der Waals surface area contributed by atoms with Crippen LogP contribution in [0.25, 0.3) is 0 Å². The van der Waals surface area contributed by atoms with Crippen molar-refractivity contribution in [1.82, 2.24) is 0 Å². The highest BCUT2D eigenvalue weighted by Gasteiger charge is 2.58. The standard InChI is InChI=1S/C16H22Cl2O2/c1-9-2-13(19)16(17,18)14(9)20-15-6-10-3-11(7-15)5-12(4-10)8-15/h9-12,14H,2-8H2,1H3/t9-,10?,11?,12?,14-,15?/m0/s1. The Morgan fingerprint density at radius 1 is 1.05 bits per heavy atom. The minimum Gasteiger partial charge on any atom is -0.368 e. The molecule has 20 heavy (non-hydrogen) atoms. The molecule has 112 valence electrons. The van der Waals surface area contributed by atoms with Gasteiger partial charge in [-0.2, -0.15) is 0 Å². The van der Waals surface area contributed by atoms with Gasteiger partial charge in [-0.15, -0.1) is 0 Å². The second-order valence-electron chi connectivity index (χ2n) is 7.87. The molecule has 5 saturated carbocycles. The molecule has 0 amide bonds. The number of hydrogen-bond acceptors (Lipinski definition) is 2. The quantitative estimate of drug-likeness (QED) is 0.716. The Kier molecular flexibility index (Phi) is 3.02. The van der Waals surface area contributed by atoms with Gasteiger partial charge in [-0.05, 0) is 62.2 Å². The van der Waals surface area contributed by atoms with Crippen LogP contribution >= 0.6 is 23.2 Å². The van der Waals surface area contributed by atoms with Gasteiger partial charge in [-0.3, -0.25) is 4.79 Å². The van der Waals surface area contributed by atoms with Crippen molar-refractivity contribution in [1.29, 1.82) is 0 Å². The molecule has 2 atom stereocenters. The molecule has 5 aliphatic carbocycles. The summed E-state index contributed by atoms with van der Waals surface area (Å²) in [5, 5.41) is 0. The van der Waals surface area contributed by atoms with Crippen LogP contribution in [-0.4, -0.2) is 21.8 Å². The summed E-state index contributed by atoms with van der Waals surface area (Å²) >= 11 is 12.6. The summed E-state index contributed by atoms with van der Waals surface area (Å²) in [4.78, 5) is 12.0. The molecular weight excluding hydrogens is 295 g/mol. The Balaban J connectivity index is 1.58. The molecule has 5 rings (SSSR count). The van der Waals surface area contributed by atoms with Gasteiger partial charge in [0, 0.05) is 6.42 Å². The molecule has 0 aromatic carbocycles. The first-order valence-corrected chi connectivity index (χ1v) is 8.72. The Hall–Kier alpha value is 0.210. The maximum absolute atomic E-state index is 12.0. The molecular formula is C16H22Cl2O2. The largest absolute Gasteiger partial charge is 0.368 e. The first-order chi connectivity index (χ1) is 9.38. The van der Waals surface area contributed by atoms with E-state index in [2.05, 4.69) is 0 Å². The number of hydrogen-bond donors (Lipinski definition) is 0. The van der Waals surface area contributed by atoms with Gasteiger partial charge in [0.1, 0.15) is 6.10 Å². The van der Waals surface area contributed by atoms with Gasteiger partial charge in [0.15, 0.2) is 5.78 Å². The predicted octanol–water partition coefficient (Wildman–Crippen LogP) is 4.12. The summed E-state index contributed by atoms with van der Waals surface area (Å²) in [6.07, 6.45) is 7.73. The molecule has 4 bridgehead atoms. The molecule has 0 spiro atoms. The average Bonchev–Trinajstić information content (AvgIpc) is 2.50. The van der Waals surface area contributed by atoms with Crippen LogP contribution in [-0.2, 0) is 9.53 Å². The Labute approximate surface area is 130 Å². The summed E-state index contributed by atoms with van der Waals surface area (Å²) in [7, 11) is 0. The zero-order chi connectivity index (χ0) is 14.1. The van der Waals surface area contributed by atoms with E-state index in [0.717, 1.165) is 37.0 Å². The van der Waals surface area contributed by atoms with Crippen LogP contribution in [0, 0.1) is 23.7 Å². The Morgan fingerprint density at radius 3 is 1.95 bits per heavy atom. The van der Waals surface area contributed by atoms with Crippen molar-refractivity contribution < 1.29 is 9.53 Å². The van der Waals surface area contributed by atoms with Crippen LogP contribution in [0.15, 0.2) is 0 Å². The lowest BCUT2D eigenvalue weighted by molar-refractivity contribution is -0.194. The molecule has 4 heteroatoms. The average molecular weight is 317 g/mol. The fraction of sp³-hybridized carbons (Fsp3) is 0.938. The van der Waals surface area contributed by atoms with Crippen LogP contribution < -0.4 is 0 Å². The van der Waals surface area contributed by atoms with Crippen molar-refractivity contribution in [3.63, 3.8) is 0 Å². The molecule has 0 radical (unpaired) electrons. The van der Waals surface area contributed by atoms with Crippen molar-refractivity contribution >= 4 is 29.0 Å². The molecule has 0 aliphatic heterocycles. The fourth-order valence-corrected chi connectivity index (χ4v) is 6.36. The number of rotatable bonds is 2. The van der Waals surface area contributed by atoms with E-state index in [-0.39, 0.29) is 23.4 Å². The van der Waals surface area contributed by atoms with Gasteiger partial charge in [0.2, 0.25) is 4.33 Å². The van der Waals surface area contributed by atoms with E-state index in [1.807, 2.05) is 6.92 Å². The van der Waals surface area contributed by atoms with Gasteiger partial charge in [-0.1, -0.05) is 30.1 Å². The lowest BCUT2D eigenvalue weighted by Gasteiger charge is -2.57. The van der Waals surface area contributed by atoms with Crippen LogP contribution in [0.1, 0.15) is 51.9 Å². The highest BCUT2D eigenvalue weighted by Crippen LogP contribution is 2.59. The number of carbonyl (C=O) groups is 1. The van der Waals surface area contributed by atoms with Crippen molar-refractivity contribution in [3.05, 3.63) is 0 Å². The number of carbonyl (C=O) groups excluding carboxylic acids is 1. The normalized spacial score (nSPS) is 52.8. The molecule has 0 unspecified atom stereocenters. The third-order valence-corrected chi connectivity index (χ3v) is 6.96. The summed E-state index contributed by atoms with van der Waals surface area (Å²) in [6.45, 7) is 2.04. The Morgan fingerprint density at radius 2 is 1.55 bits per heavy atom. The fourth-order valence-electron chi connectivity index (χ4n) is 5.69. The lowest BCUT2D eigenvalue weighted by Crippen LogP contribution is -2.55. The van der Waals surface area contributed by atoms with E-state index >= 15 is 0 Å². The first kappa shape index (κ1) is 13.8. The molecule has 0 N–H and O–H groups in total. The maximum atomic E-state index is 12.0. The SMILES string of the molecule is C[C@H]1CC(=O)C(Cl)(Cl)[C@H]1OC12CC3CC(CC(C3)C1)C2. The number of halogens is 2. The van der Waals surface area contributed by atoms with E-state index in [1.54, 1.807) is 0 Å². The van der Waals surface area contributed by atoms with Crippen LogP contribution in [0.3, 0.4) is 0 Å². The number of ether oxygens (including phenoxy) is 1. The molecule has 0 saturated heterocycles. The van der Waals surface area contributed by atoms with Crippen molar-refractivity contribution in [2.45, 2.75) is 67.9 Å². The van der Waals surface area contributed by atoms with Gasteiger partial charge in [-0.25, -0.2) is 0 Å². The zero-order valence-corrected chi connectivity index (χ0v) is 13.4. The molecule has 2 nitrogen and oxygen atoms in total. The first-order valence-electron chi connectivity index (χ1n) is 7.97. The highest BCUT2D eigenvalue weighted by atomic mass is 35.5. The molecule has 0 heterocycles. The van der Waals surface area contributed by atoms with Crippen molar-refractivity contribution in [2.24, 2.45) is 23.7 Å². The second-order valence-corrected chi connectivity index (χ2v) is 9.25. The minimum atomic E-state index is -1.33. The number of Topliss-reactive ketones (excluding diaryl/α,β-unsaturated/α-hetero) is 1. The van der Waals surface area contributed by atoms with Crippen molar-refractivity contribution in [3.8, 4) is 0 Å². The lowest BCUT2D eigenvalue weighted by atomic mass is 9.54. The molecule has 0 aromatic rings. The number of ketones is 1. The van der Waals surface area contributed by atoms with E-state index in [9.17, 15) is 4.79 Å². The minimum absolute atomic E-state index is 0.0344. The van der Waals surface area contributed by atoms with Gasteiger partial charge in [0.25, 0.3) is 0 Å². The monoisotopic (exact) mass is 316 g/mol.